The van der Waals surface area contributed by atoms with Crippen LogP contribution < -0.4 is 9.47 Å². The zero-order chi connectivity index (χ0) is 18.1. The molecule has 1 saturated heterocycles. The van der Waals surface area contributed by atoms with Crippen molar-refractivity contribution < 1.29 is 14.3 Å². The minimum atomic E-state index is 0.213. The Labute approximate surface area is 158 Å². The van der Waals surface area contributed by atoms with E-state index in [4.69, 9.17) is 14.5 Å². The zero-order valence-corrected chi connectivity index (χ0v) is 16.1. The summed E-state index contributed by atoms with van der Waals surface area (Å²) in [6, 6.07) is 6.02. The number of likely N-dealkylation sites (tertiary alicyclic amines) is 1. The number of nitrogens with zero attached hydrogens (tertiary/aromatic N) is 2. The van der Waals surface area contributed by atoms with E-state index in [1.54, 1.807) is 0 Å². The van der Waals surface area contributed by atoms with Crippen LogP contribution >= 0.6 is 11.8 Å². The molecule has 0 bridgehead atoms. The van der Waals surface area contributed by atoms with Crippen molar-refractivity contribution in [2.75, 3.05) is 32.1 Å². The Bertz CT molecular complexity index is 839. The first-order valence-electron chi connectivity index (χ1n) is 9.22. The molecule has 0 N–H and O–H groups in total. The van der Waals surface area contributed by atoms with E-state index in [0.717, 1.165) is 52.5 Å². The highest BCUT2D eigenvalue weighted by Gasteiger charge is 2.21. The van der Waals surface area contributed by atoms with E-state index < -0.39 is 0 Å². The van der Waals surface area contributed by atoms with Crippen molar-refractivity contribution in [3.05, 3.63) is 23.8 Å². The summed E-state index contributed by atoms with van der Waals surface area (Å²) < 4.78 is 11.3. The van der Waals surface area contributed by atoms with Crippen LogP contribution in [0.1, 0.15) is 25.3 Å². The van der Waals surface area contributed by atoms with Gasteiger partial charge in [-0.3, -0.25) is 4.79 Å². The van der Waals surface area contributed by atoms with Crippen molar-refractivity contribution >= 4 is 28.6 Å². The number of amides is 1. The number of piperidine rings is 1. The molecule has 1 atom stereocenters. The minimum Gasteiger partial charge on any atom is -0.486 e. The molecule has 1 aromatic heterocycles. The van der Waals surface area contributed by atoms with Gasteiger partial charge in [0.15, 0.2) is 11.5 Å². The zero-order valence-electron chi connectivity index (χ0n) is 15.3. The van der Waals surface area contributed by atoms with Crippen LogP contribution in [0.15, 0.2) is 23.2 Å². The highest BCUT2D eigenvalue weighted by Crippen LogP contribution is 2.35. The fraction of sp³-hybridized carbons (Fsp3) is 0.500. The lowest BCUT2D eigenvalue weighted by atomic mass is 10.0. The number of pyridine rings is 1. The Morgan fingerprint density at radius 3 is 2.81 bits per heavy atom. The first-order valence-corrected chi connectivity index (χ1v) is 10.2. The molecule has 6 heteroatoms. The molecule has 2 aliphatic heterocycles. The summed E-state index contributed by atoms with van der Waals surface area (Å²) in [4.78, 5) is 19.3. The van der Waals surface area contributed by atoms with Crippen molar-refractivity contribution in [2.45, 2.75) is 31.7 Å². The van der Waals surface area contributed by atoms with E-state index in [1.807, 2.05) is 24.0 Å². The SMILES string of the molecule is Cc1cc2cc3c(cc2nc1SCC(=O)N1CCCC(C)C1)OCCO3. The van der Waals surface area contributed by atoms with E-state index in [2.05, 4.69) is 13.0 Å². The topological polar surface area (TPSA) is 51.7 Å². The molecule has 26 heavy (non-hydrogen) atoms. The Morgan fingerprint density at radius 1 is 1.27 bits per heavy atom. The minimum absolute atomic E-state index is 0.213. The predicted octanol–water partition coefficient (Wildman–Crippen LogP) is 3.67. The summed E-state index contributed by atoms with van der Waals surface area (Å²) in [5.41, 5.74) is 1.96. The average Bonchev–Trinajstić information content (AvgIpc) is 2.64. The summed E-state index contributed by atoms with van der Waals surface area (Å²) in [5.74, 6) is 2.78. The van der Waals surface area contributed by atoms with Gasteiger partial charge < -0.3 is 14.4 Å². The molecule has 2 aromatic rings. The van der Waals surface area contributed by atoms with Crippen LogP contribution in [0.5, 0.6) is 11.5 Å². The van der Waals surface area contributed by atoms with E-state index in [-0.39, 0.29) is 5.91 Å². The monoisotopic (exact) mass is 372 g/mol. The number of fused-ring (bicyclic) bond motifs is 2. The molecule has 1 aromatic carbocycles. The second-order valence-corrected chi connectivity index (χ2v) is 8.14. The molecule has 2 aliphatic rings. The van der Waals surface area contributed by atoms with Crippen LogP contribution in [0.2, 0.25) is 0 Å². The van der Waals surface area contributed by atoms with Crippen LogP contribution in [-0.2, 0) is 4.79 Å². The maximum atomic E-state index is 12.5. The summed E-state index contributed by atoms with van der Waals surface area (Å²) in [6.45, 7) is 7.17. The highest BCUT2D eigenvalue weighted by atomic mass is 32.2. The number of aryl methyl sites for hydroxylation is 1. The molecule has 0 spiro atoms. The first-order chi connectivity index (χ1) is 12.6. The second kappa shape index (κ2) is 7.35. The number of carbonyl (C=O) groups excluding carboxylic acids is 1. The van der Waals surface area contributed by atoms with Crippen LogP contribution in [0.4, 0.5) is 0 Å². The normalized spacial score (nSPS) is 19.6. The number of rotatable bonds is 3. The van der Waals surface area contributed by atoms with Crippen molar-refractivity contribution in [3.63, 3.8) is 0 Å². The second-order valence-electron chi connectivity index (χ2n) is 7.17. The predicted molar refractivity (Wildman–Crippen MR) is 103 cm³/mol. The van der Waals surface area contributed by atoms with E-state index in [1.165, 1.54) is 18.2 Å². The number of aromatic nitrogens is 1. The molecule has 1 unspecified atom stereocenters. The fourth-order valence-corrected chi connectivity index (χ4v) is 4.47. The number of hydrogen-bond acceptors (Lipinski definition) is 5. The lowest BCUT2D eigenvalue weighted by Crippen LogP contribution is -2.40. The average molecular weight is 372 g/mol. The third kappa shape index (κ3) is 3.61. The molecular weight excluding hydrogens is 348 g/mol. The number of thioether (sulfide) groups is 1. The van der Waals surface area contributed by atoms with Crippen LogP contribution in [0, 0.1) is 12.8 Å². The third-order valence-electron chi connectivity index (χ3n) is 4.96. The highest BCUT2D eigenvalue weighted by molar-refractivity contribution is 7.99. The smallest absolute Gasteiger partial charge is 0.232 e. The Kier molecular flexibility index (Phi) is 4.94. The summed E-state index contributed by atoms with van der Waals surface area (Å²) in [5, 5.41) is 1.94. The molecule has 1 fully saturated rings. The quantitative estimate of drug-likeness (QED) is 0.770. The largest absolute Gasteiger partial charge is 0.486 e. The number of benzene rings is 1. The van der Waals surface area contributed by atoms with Crippen molar-refractivity contribution in [2.24, 2.45) is 5.92 Å². The van der Waals surface area contributed by atoms with E-state index in [9.17, 15) is 4.79 Å². The Balaban J connectivity index is 1.51. The standard InChI is InChI=1S/C20H24N2O3S/c1-13-4-3-5-22(11-13)19(23)12-26-20-14(2)8-15-9-17-18(10-16(15)21-20)25-7-6-24-17/h8-10,13H,3-7,11-12H2,1-2H3. The number of ether oxygens (including phenoxy) is 2. The van der Waals surface area contributed by atoms with Gasteiger partial charge in [0, 0.05) is 24.5 Å². The van der Waals surface area contributed by atoms with E-state index >= 15 is 0 Å². The molecule has 5 nitrogen and oxygen atoms in total. The van der Waals surface area contributed by atoms with Gasteiger partial charge in [0.2, 0.25) is 5.91 Å². The van der Waals surface area contributed by atoms with Gasteiger partial charge in [-0.2, -0.15) is 0 Å². The molecule has 0 radical (unpaired) electrons. The Hall–Kier alpha value is -1.95. The van der Waals surface area contributed by atoms with Crippen molar-refractivity contribution in [1.82, 2.24) is 9.88 Å². The van der Waals surface area contributed by atoms with Gasteiger partial charge in [0.1, 0.15) is 18.2 Å². The molecule has 4 rings (SSSR count). The molecular formula is C20H24N2O3S. The van der Waals surface area contributed by atoms with Gasteiger partial charge in [-0.15, -0.1) is 0 Å². The van der Waals surface area contributed by atoms with Gasteiger partial charge in [0.05, 0.1) is 11.3 Å². The molecule has 1 amide bonds. The van der Waals surface area contributed by atoms with Gasteiger partial charge in [-0.1, -0.05) is 18.7 Å². The number of carbonyl (C=O) groups is 1. The van der Waals surface area contributed by atoms with Gasteiger partial charge >= 0.3 is 0 Å². The Morgan fingerprint density at radius 2 is 2.04 bits per heavy atom. The van der Waals surface area contributed by atoms with Gasteiger partial charge in [-0.25, -0.2) is 4.98 Å². The number of hydrogen-bond donors (Lipinski definition) is 0. The van der Waals surface area contributed by atoms with Gasteiger partial charge in [0.25, 0.3) is 0 Å². The first kappa shape index (κ1) is 17.5. The van der Waals surface area contributed by atoms with Gasteiger partial charge in [-0.05, 0) is 43.4 Å². The van der Waals surface area contributed by atoms with Crippen LogP contribution in [0.25, 0.3) is 10.9 Å². The third-order valence-corrected chi connectivity index (χ3v) is 6.04. The lowest BCUT2D eigenvalue weighted by Gasteiger charge is -2.30. The molecule has 3 heterocycles. The van der Waals surface area contributed by atoms with Crippen LogP contribution in [0.3, 0.4) is 0 Å². The molecule has 0 saturated carbocycles. The summed E-state index contributed by atoms with van der Waals surface area (Å²) in [7, 11) is 0. The maximum absolute atomic E-state index is 12.5. The van der Waals surface area contributed by atoms with Crippen molar-refractivity contribution in [1.29, 1.82) is 0 Å². The molecule has 0 aliphatic carbocycles. The summed E-state index contributed by atoms with van der Waals surface area (Å²) in [6.07, 6.45) is 2.33. The molecule has 138 valence electrons. The van der Waals surface area contributed by atoms with Crippen LogP contribution in [-0.4, -0.2) is 47.8 Å². The maximum Gasteiger partial charge on any atom is 0.232 e. The summed E-state index contributed by atoms with van der Waals surface area (Å²) >= 11 is 1.53. The fourth-order valence-electron chi connectivity index (χ4n) is 3.58. The van der Waals surface area contributed by atoms with Crippen molar-refractivity contribution in [3.8, 4) is 11.5 Å². The lowest BCUT2D eigenvalue weighted by molar-refractivity contribution is -0.130. The van der Waals surface area contributed by atoms with E-state index in [0.29, 0.717) is 24.9 Å².